The summed E-state index contributed by atoms with van der Waals surface area (Å²) in [5, 5.41) is 5.28. The molecule has 7 nitrogen and oxygen atoms in total. The van der Waals surface area contributed by atoms with Crippen molar-refractivity contribution in [1.29, 1.82) is 0 Å². The number of hydrogen-bond acceptors (Lipinski definition) is 4. The minimum Gasteiger partial charge on any atom is -0.450 e. The number of likely N-dealkylation sites (N-methyl/N-ethyl adjacent to an activating group) is 1. The molecule has 0 heterocycles. The van der Waals surface area contributed by atoms with Gasteiger partial charge in [0.2, 0.25) is 11.8 Å². The maximum atomic E-state index is 12.5. The Labute approximate surface area is 148 Å². The Hall–Kier alpha value is -2.57. The highest BCUT2D eigenvalue weighted by Gasteiger charge is 2.28. The Morgan fingerprint density at radius 2 is 1.76 bits per heavy atom. The molecule has 0 saturated carbocycles. The molecule has 0 aliphatic rings. The molecule has 1 unspecified atom stereocenters. The van der Waals surface area contributed by atoms with Crippen LogP contribution in [0.5, 0.6) is 0 Å². The molecule has 0 saturated heterocycles. The van der Waals surface area contributed by atoms with Crippen LogP contribution in [0, 0.1) is 12.8 Å². The molecule has 138 valence electrons. The van der Waals surface area contributed by atoms with Crippen molar-refractivity contribution in [2.75, 3.05) is 25.5 Å². The van der Waals surface area contributed by atoms with Gasteiger partial charge in [0.25, 0.3) is 0 Å². The van der Waals surface area contributed by atoms with E-state index in [-0.39, 0.29) is 30.9 Å². The van der Waals surface area contributed by atoms with Gasteiger partial charge in [0.15, 0.2) is 0 Å². The maximum absolute atomic E-state index is 12.5. The number of alkyl carbamates (subject to hydrolysis) is 1. The predicted octanol–water partition coefficient (Wildman–Crippen LogP) is 2.16. The number of benzene rings is 1. The highest BCUT2D eigenvalue weighted by Crippen LogP contribution is 2.09. The second-order valence-corrected chi connectivity index (χ2v) is 6.19. The van der Waals surface area contributed by atoms with Gasteiger partial charge in [-0.15, -0.1) is 0 Å². The molecule has 1 aromatic rings. The van der Waals surface area contributed by atoms with Crippen LogP contribution in [0.15, 0.2) is 24.3 Å². The molecular formula is C18H27N3O4. The van der Waals surface area contributed by atoms with Gasteiger partial charge in [-0.05, 0) is 31.9 Å². The van der Waals surface area contributed by atoms with E-state index in [9.17, 15) is 14.4 Å². The summed E-state index contributed by atoms with van der Waals surface area (Å²) in [4.78, 5) is 37.5. The Kier molecular flexibility index (Phi) is 7.91. The number of nitrogens with one attached hydrogen (secondary N) is 2. The maximum Gasteiger partial charge on any atom is 0.407 e. The Bertz CT molecular complexity index is 599. The second kappa shape index (κ2) is 9.66. The third-order valence-electron chi connectivity index (χ3n) is 3.57. The lowest BCUT2D eigenvalue weighted by atomic mass is 10.0. The van der Waals surface area contributed by atoms with Gasteiger partial charge in [-0.3, -0.25) is 9.59 Å². The van der Waals surface area contributed by atoms with Gasteiger partial charge in [0, 0.05) is 12.7 Å². The van der Waals surface area contributed by atoms with Crippen molar-refractivity contribution >= 4 is 23.6 Å². The molecule has 1 aromatic carbocycles. The molecule has 1 atom stereocenters. The topological polar surface area (TPSA) is 87.7 Å². The normalized spacial score (nSPS) is 11.6. The van der Waals surface area contributed by atoms with Gasteiger partial charge < -0.3 is 20.3 Å². The fourth-order valence-corrected chi connectivity index (χ4v) is 2.18. The number of ether oxygens (including phenoxy) is 1. The Balaban J connectivity index is 2.64. The van der Waals surface area contributed by atoms with Gasteiger partial charge in [-0.25, -0.2) is 4.79 Å². The standard InChI is InChI=1S/C18H27N3O4/c1-6-25-18(24)20-16(12(2)3)17(23)21(5)11-15(22)19-14-9-7-13(4)8-10-14/h7-10,12,16H,6,11H2,1-5H3,(H,19,22)(H,20,24). The summed E-state index contributed by atoms with van der Waals surface area (Å²) in [6.07, 6.45) is -0.646. The number of nitrogens with zero attached hydrogens (tertiary/aromatic N) is 1. The molecule has 0 aliphatic carbocycles. The number of carbonyl (C=O) groups is 3. The number of carbonyl (C=O) groups excluding carboxylic acids is 3. The first-order valence-electron chi connectivity index (χ1n) is 8.29. The molecule has 25 heavy (non-hydrogen) atoms. The van der Waals surface area contributed by atoms with E-state index in [2.05, 4.69) is 10.6 Å². The zero-order valence-electron chi connectivity index (χ0n) is 15.5. The van der Waals surface area contributed by atoms with Crippen LogP contribution < -0.4 is 10.6 Å². The molecule has 7 heteroatoms. The van der Waals surface area contributed by atoms with Crippen molar-refractivity contribution in [3.8, 4) is 0 Å². The first kappa shape index (κ1) is 20.5. The minimum atomic E-state index is -0.753. The molecule has 3 amide bonds. The predicted molar refractivity (Wildman–Crippen MR) is 96.2 cm³/mol. The lowest BCUT2D eigenvalue weighted by molar-refractivity contribution is -0.136. The summed E-state index contributed by atoms with van der Waals surface area (Å²) >= 11 is 0. The third-order valence-corrected chi connectivity index (χ3v) is 3.57. The quantitative estimate of drug-likeness (QED) is 0.790. The fraction of sp³-hybridized carbons (Fsp3) is 0.500. The molecule has 0 spiro atoms. The van der Waals surface area contributed by atoms with Gasteiger partial charge in [-0.2, -0.15) is 0 Å². The average Bonchev–Trinajstić information content (AvgIpc) is 2.54. The van der Waals surface area contributed by atoms with Crippen molar-refractivity contribution in [2.45, 2.75) is 33.7 Å². The molecule has 0 radical (unpaired) electrons. The van der Waals surface area contributed by atoms with Crippen molar-refractivity contribution in [3.05, 3.63) is 29.8 Å². The summed E-state index contributed by atoms with van der Waals surface area (Å²) in [5.41, 5.74) is 1.76. The number of anilines is 1. The van der Waals surface area contributed by atoms with Crippen LogP contribution in [-0.4, -0.2) is 49.0 Å². The van der Waals surface area contributed by atoms with E-state index in [4.69, 9.17) is 4.74 Å². The van der Waals surface area contributed by atoms with Crippen molar-refractivity contribution in [1.82, 2.24) is 10.2 Å². The number of amides is 3. The van der Waals surface area contributed by atoms with E-state index >= 15 is 0 Å². The third kappa shape index (κ3) is 6.82. The van der Waals surface area contributed by atoms with Crippen LogP contribution in [0.2, 0.25) is 0 Å². The Morgan fingerprint density at radius 3 is 2.28 bits per heavy atom. The molecule has 0 aromatic heterocycles. The van der Waals surface area contributed by atoms with E-state index in [0.29, 0.717) is 5.69 Å². The minimum absolute atomic E-state index is 0.111. The lowest BCUT2D eigenvalue weighted by Crippen LogP contribution is -2.51. The summed E-state index contributed by atoms with van der Waals surface area (Å²) in [5.74, 6) is -0.792. The lowest BCUT2D eigenvalue weighted by Gasteiger charge is -2.26. The summed E-state index contributed by atoms with van der Waals surface area (Å²) in [7, 11) is 1.53. The van der Waals surface area contributed by atoms with Gasteiger partial charge in [-0.1, -0.05) is 31.5 Å². The van der Waals surface area contributed by atoms with Crippen LogP contribution in [0.3, 0.4) is 0 Å². The van der Waals surface area contributed by atoms with E-state index in [0.717, 1.165) is 5.56 Å². The summed E-state index contributed by atoms with van der Waals surface area (Å²) in [6.45, 7) is 7.39. The number of hydrogen-bond donors (Lipinski definition) is 2. The average molecular weight is 349 g/mol. The molecule has 0 aliphatic heterocycles. The molecule has 0 bridgehead atoms. The van der Waals surface area contributed by atoms with Crippen molar-refractivity contribution in [2.24, 2.45) is 5.92 Å². The number of aryl methyl sites for hydroxylation is 1. The molecule has 0 fully saturated rings. The van der Waals surface area contributed by atoms with Crippen LogP contribution in [0.4, 0.5) is 10.5 Å². The molecule has 2 N–H and O–H groups in total. The van der Waals surface area contributed by atoms with E-state index < -0.39 is 12.1 Å². The second-order valence-electron chi connectivity index (χ2n) is 6.19. The van der Waals surface area contributed by atoms with Gasteiger partial charge in [0.05, 0.1) is 13.2 Å². The van der Waals surface area contributed by atoms with Crippen LogP contribution in [0.1, 0.15) is 26.3 Å². The highest BCUT2D eigenvalue weighted by molar-refractivity contribution is 5.95. The zero-order chi connectivity index (χ0) is 19.0. The van der Waals surface area contributed by atoms with E-state index in [1.165, 1.54) is 11.9 Å². The molecule has 1 rings (SSSR count). The number of rotatable bonds is 7. The largest absolute Gasteiger partial charge is 0.450 e. The zero-order valence-corrected chi connectivity index (χ0v) is 15.5. The Morgan fingerprint density at radius 1 is 1.16 bits per heavy atom. The monoisotopic (exact) mass is 349 g/mol. The first-order chi connectivity index (χ1) is 11.7. The smallest absolute Gasteiger partial charge is 0.407 e. The van der Waals surface area contributed by atoms with E-state index in [1.807, 2.05) is 32.9 Å². The van der Waals surface area contributed by atoms with E-state index in [1.54, 1.807) is 19.1 Å². The van der Waals surface area contributed by atoms with Crippen molar-refractivity contribution < 1.29 is 19.1 Å². The van der Waals surface area contributed by atoms with Crippen LogP contribution in [-0.2, 0) is 14.3 Å². The first-order valence-corrected chi connectivity index (χ1v) is 8.29. The van der Waals surface area contributed by atoms with Crippen LogP contribution >= 0.6 is 0 Å². The SMILES string of the molecule is CCOC(=O)NC(C(=O)N(C)CC(=O)Nc1ccc(C)cc1)C(C)C. The summed E-state index contributed by atoms with van der Waals surface area (Å²) in [6, 6.07) is 6.63. The summed E-state index contributed by atoms with van der Waals surface area (Å²) < 4.78 is 4.82. The van der Waals surface area contributed by atoms with Crippen LogP contribution in [0.25, 0.3) is 0 Å². The highest BCUT2D eigenvalue weighted by atomic mass is 16.5. The van der Waals surface area contributed by atoms with Gasteiger partial charge in [0.1, 0.15) is 6.04 Å². The van der Waals surface area contributed by atoms with Crippen molar-refractivity contribution in [3.63, 3.8) is 0 Å². The molecular weight excluding hydrogens is 322 g/mol. The fourth-order valence-electron chi connectivity index (χ4n) is 2.18. The van der Waals surface area contributed by atoms with Gasteiger partial charge >= 0.3 is 6.09 Å².